The van der Waals surface area contributed by atoms with E-state index in [2.05, 4.69) is 0 Å². The summed E-state index contributed by atoms with van der Waals surface area (Å²) < 4.78 is 11.5. The first-order valence-corrected chi connectivity index (χ1v) is 11.5. The lowest BCUT2D eigenvalue weighted by Crippen LogP contribution is -2.46. The zero-order valence-electron chi connectivity index (χ0n) is 20.7. The number of hydrogen-bond donors (Lipinski definition) is 1. The van der Waals surface area contributed by atoms with Crippen LogP contribution in [0.1, 0.15) is 48.5 Å². The molecule has 3 rings (SSSR count). The topological polar surface area (TPSA) is 72.8 Å². The zero-order valence-corrected chi connectivity index (χ0v) is 20.7. The number of ether oxygens (including phenoxy) is 2. The Balaban J connectivity index is 1.57. The van der Waals surface area contributed by atoms with E-state index in [1.807, 2.05) is 95.4 Å². The molecule has 178 valence electrons. The molecule has 2 fully saturated rings. The number of carbonyl (C=O) groups is 2. The van der Waals surface area contributed by atoms with E-state index in [0.717, 1.165) is 11.1 Å². The van der Waals surface area contributed by atoms with Crippen molar-refractivity contribution in [2.45, 2.75) is 72.4 Å². The molecule has 1 N–H and O–H groups in total. The largest absolute Gasteiger partial charge is 0.460 e. The molecule has 0 aromatic carbocycles. The Morgan fingerprint density at radius 1 is 1.00 bits per heavy atom. The van der Waals surface area contributed by atoms with Crippen molar-refractivity contribution in [2.24, 2.45) is 16.7 Å². The summed E-state index contributed by atoms with van der Waals surface area (Å²) in [6.07, 6.45) is 18.2. The van der Waals surface area contributed by atoms with Crippen LogP contribution in [0.3, 0.4) is 0 Å². The first-order valence-electron chi connectivity index (χ1n) is 11.5. The van der Waals surface area contributed by atoms with E-state index in [1.165, 1.54) is 0 Å². The van der Waals surface area contributed by atoms with Crippen LogP contribution in [0.4, 0.5) is 0 Å². The van der Waals surface area contributed by atoms with Crippen LogP contribution in [0.5, 0.6) is 0 Å². The van der Waals surface area contributed by atoms with E-state index in [9.17, 15) is 14.7 Å². The highest BCUT2D eigenvalue weighted by Crippen LogP contribution is 2.60. The van der Waals surface area contributed by atoms with E-state index >= 15 is 0 Å². The van der Waals surface area contributed by atoms with Gasteiger partial charge in [-0.05, 0) is 51.8 Å². The molecule has 2 bridgehead atoms. The van der Waals surface area contributed by atoms with Crippen molar-refractivity contribution in [2.75, 3.05) is 0 Å². The molecule has 0 aromatic rings. The third kappa shape index (κ3) is 4.24. The lowest BCUT2D eigenvalue weighted by molar-refractivity contribution is -0.161. The maximum absolute atomic E-state index is 12.6. The van der Waals surface area contributed by atoms with Crippen molar-refractivity contribution in [1.82, 2.24) is 0 Å². The summed E-state index contributed by atoms with van der Waals surface area (Å²) >= 11 is 0. The highest BCUT2D eigenvalue weighted by atomic mass is 16.6. The second kappa shape index (κ2) is 9.03. The number of ketones is 1. The van der Waals surface area contributed by atoms with Crippen molar-refractivity contribution >= 4 is 11.8 Å². The van der Waals surface area contributed by atoms with E-state index < -0.39 is 28.5 Å². The molecule has 5 heteroatoms. The Morgan fingerprint density at radius 2 is 1.58 bits per heavy atom. The van der Waals surface area contributed by atoms with Gasteiger partial charge in [-0.1, -0.05) is 68.5 Å². The minimum absolute atomic E-state index is 0.0177. The number of hydrogen-bond acceptors (Lipinski definition) is 5. The van der Waals surface area contributed by atoms with E-state index in [0.29, 0.717) is 0 Å². The number of Topliss-reactive ketones (excluding diaryl/α,β-unsaturated/α-hetero) is 1. The molecule has 1 saturated heterocycles. The first-order chi connectivity index (χ1) is 15.4. The van der Waals surface area contributed by atoms with Crippen LogP contribution in [-0.2, 0) is 19.1 Å². The van der Waals surface area contributed by atoms with Gasteiger partial charge in [-0.2, -0.15) is 0 Å². The SMILES string of the molecule is CC1=C[C@@](C)(O)[C@@H](/C(C)=C/C=C/C=C/C=C/C=C/[C@]2(C)C3OC(=O)C2(C)C(=O)[C@@H]3C)O[C@@H]1C. The maximum atomic E-state index is 12.6. The van der Waals surface area contributed by atoms with Crippen LogP contribution in [0, 0.1) is 16.7 Å². The minimum atomic E-state index is -1.11. The van der Waals surface area contributed by atoms with Crippen molar-refractivity contribution in [3.05, 3.63) is 71.9 Å². The van der Waals surface area contributed by atoms with Crippen LogP contribution in [-0.4, -0.2) is 40.8 Å². The van der Waals surface area contributed by atoms with Gasteiger partial charge in [-0.3, -0.25) is 9.59 Å². The molecule has 0 spiro atoms. The molecule has 1 saturated carbocycles. The summed E-state index contributed by atoms with van der Waals surface area (Å²) in [5.41, 5.74) is -0.784. The average molecular weight is 453 g/mol. The molecule has 2 aliphatic heterocycles. The first kappa shape index (κ1) is 25.1. The normalized spacial score (nSPS) is 41.8. The Kier molecular flexibility index (Phi) is 6.88. The molecule has 7 atom stereocenters. The predicted octanol–water partition coefficient (Wildman–Crippen LogP) is 4.80. The Bertz CT molecular complexity index is 992. The Labute approximate surface area is 197 Å². The van der Waals surface area contributed by atoms with E-state index in [1.54, 1.807) is 13.8 Å². The van der Waals surface area contributed by atoms with Gasteiger partial charge in [0.25, 0.3) is 0 Å². The standard InChI is InChI=1S/C28H36O5/c1-18(23-27(6,31)17-19(2)21(4)32-23)15-13-11-9-8-10-12-14-16-26(5)24-20(3)22(29)28(26,7)25(30)33-24/h8-17,20-21,23-24,31H,1-7H3/b9-8+,12-10+,13-11+,16-14+,18-15+/t20-,21+,23+,24?,26+,27+,28?/m0/s1. The Hall–Kier alpha value is -2.50. The van der Waals surface area contributed by atoms with E-state index in [-0.39, 0.29) is 23.9 Å². The van der Waals surface area contributed by atoms with Crippen molar-refractivity contribution in [1.29, 1.82) is 0 Å². The second-order valence-electron chi connectivity index (χ2n) is 10.1. The van der Waals surface area contributed by atoms with Gasteiger partial charge in [0.1, 0.15) is 23.2 Å². The molecule has 0 amide bonds. The summed E-state index contributed by atoms with van der Waals surface area (Å²) in [4.78, 5) is 24.8. The fourth-order valence-corrected chi connectivity index (χ4v) is 5.24. The van der Waals surface area contributed by atoms with Crippen molar-refractivity contribution in [3.8, 4) is 0 Å². The van der Waals surface area contributed by atoms with Crippen LogP contribution in [0.25, 0.3) is 0 Å². The number of aliphatic hydroxyl groups is 1. The fraction of sp³-hybridized carbons (Fsp3) is 0.500. The van der Waals surface area contributed by atoms with Gasteiger partial charge >= 0.3 is 5.97 Å². The molecular weight excluding hydrogens is 416 g/mol. The number of allylic oxidation sites excluding steroid dienone is 8. The number of carbonyl (C=O) groups excluding carboxylic acids is 2. The quantitative estimate of drug-likeness (QED) is 0.271. The summed E-state index contributed by atoms with van der Waals surface area (Å²) in [6.45, 7) is 13.1. The van der Waals surface area contributed by atoms with Crippen molar-refractivity contribution < 1.29 is 24.2 Å². The van der Waals surface area contributed by atoms with Crippen LogP contribution in [0.15, 0.2) is 71.9 Å². The van der Waals surface area contributed by atoms with Crippen LogP contribution < -0.4 is 0 Å². The number of esters is 1. The molecule has 3 aliphatic rings. The predicted molar refractivity (Wildman–Crippen MR) is 129 cm³/mol. The average Bonchev–Trinajstić information content (AvgIpc) is 3.02. The third-order valence-corrected chi connectivity index (χ3v) is 7.59. The van der Waals surface area contributed by atoms with Gasteiger partial charge in [0.05, 0.1) is 12.0 Å². The fourth-order valence-electron chi connectivity index (χ4n) is 5.24. The molecule has 33 heavy (non-hydrogen) atoms. The smallest absolute Gasteiger partial charge is 0.320 e. The van der Waals surface area contributed by atoms with E-state index in [4.69, 9.17) is 9.47 Å². The van der Waals surface area contributed by atoms with Crippen molar-refractivity contribution in [3.63, 3.8) is 0 Å². The molecule has 2 heterocycles. The summed E-state index contributed by atoms with van der Waals surface area (Å²) in [6, 6.07) is 0. The van der Waals surface area contributed by atoms with Crippen LogP contribution >= 0.6 is 0 Å². The van der Waals surface area contributed by atoms with Gasteiger partial charge in [0, 0.05) is 5.41 Å². The molecule has 2 unspecified atom stereocenters. The molecule has 1 aliphatic carbocycles. The van der Waals surface area contributed by atoms with Crippen LogP contribution in [0.2, 0.25) is 0 Å². The molecule has 0 radical (unpaired) electrons. The highest BCUT2D eigenvalue weighted by molar-refractivity contribution is 6.10. The number of rotatable bonds is 6. The summed E-state index contributed by atoms with van der Waals surface area (Å²) in [5, 5.41) is 10.7. The molecule has 5 nitrogen and oxygen atoms in total. The summed E-state index contributed by atoms with van der Waals surface area (Å²) in [5.74, 6) is -0.728. The maximum Gasteiger partial charge on any atom is 0.320 e. The van der Waals surface area contributed by atoms with Gasteiger partial charge < -0.3 is 14.6 Å². The number of fused-ring (bicyclic) bond motifs is 2. The molecule has 0 aromatic heterocycles. The second-order valence-corrected chi connectivity index (χ2v) is 10.1. The van der Waals surface area contributed by atoms with Gasteiger partial charge in [0.2, 0.25) is 0 Å². The summed E-state index contributed by atoms with van der Waals surface area (Å²) in [7, 11) is 0. The zero-order chi connectivity index (χ0) is 24.6. The third-order valence-electron chi connectivity index (χ3n) is 7.59. The lowest BCUT2D eigenvalue weighted by atomic mass is 9.68. The lowest BCUT2D eigenvalue weighted by Gasteiger charge is -2.38. The minimum Gasteiger partial charge on any atom is -0.460 e. The van der Waals surface area contributed by atoms with Gasteiger partial charge in [0.15, 0.2) is 5.78 Å². The molecular formula is C28H36O5. The highest BCUT2D eigenvalue weighted by Gasteiger charge is 2.73. The van der Waals surface area contributed by atoms with Gasteiger partial charge in [-0.15, -0.1) is 0 Å². The monoisotopic (exact) mass is 452 g/mol. The van der Waals surface area contributed by atoms with Gasteiger partial charge in [-0.25, -0.2) is 0 Å². The Morgan fingerprint density at radius 3 is 2.18 bits per heavy atom.